The Labute approximate surface area is 167 Å². The van der Waals surface area contributed by atoms with E-state index in [1.54, 1.807) is 11.6 Å². The molecule has 0 aromatic heterocycles. The van der Waals surface area contributed by atoms with Crippen LogP contribution in [0.4, 0.5) is 0 Å². The zero-order chi connectivity index (χ0) is 18.4. The van der Waals surface area contributed by atoms with Crippen LogP contribution in [0.15, 0.2) is 23.8 Å². The summed E-state index contributed by atoms with van der Waals surface area (Å²) in [5, 5.41) is 8.08. The van der Waals surface area contributed by atoms with Gasteiger partial charge in [0, 0.05) is 22.6 Å². The maximum absolute atomic E-state index is 12.2. The minimum Gasteiger partial charge on any atom is -0.450 e. The van der Waals surface area contributed by atoms with E-state index in [2.05, 4.69) is 19.1 Å². The summed E-state index contributed by atoms with van der Waals surface area (Å²) in [6, 6.07) is 0. The summed E-state index contributed by atoms with van der Waals surface area (Å²) in [4.78, 5) is 12.2. The number of carbonyl (C=O) groups excluding carboxylic acids is 1. The molecule has 6 rings (SSSR count). The molecule has 4 fully saturated rings. The second-order valence-corrected chi connectivity index (χ2v) is 10.4. The molecule has 5 aliphatic carbocycles. The molecule has 1 heterocycles. The van der Waals surface area contributed by atoms with Gasteiger partial charge in [-0.1, -0.05) is 12.5 Å². The summed E-state index contributed by atoms with van der Waals surface area (Å²) in [7, 11) is 0. The largest absolute Gasteiger partial charge is 0.450 e. The third-order valence-electron chi connectivity index (χ3n) is 9.88. The van der Waals surface area contributed by atoms with E-state index < -0.39 is 0 Å². The summed E-state index contributed by atoms with van der Waals surface area (Å²) in [6.45, 7) is 2.35. The summed E-state index contributed by atoms with van der Waals surface area (Å²) < 4.78 is 6.26. The molecule has 28 heavy (non-hydrogen) atoms. The average molecular weight is 384 g/mol. The van der Waals surface area contributed by atoms with E-state index in [9.17, 15) is 4.79 Å². The Morgan fingerprint density at radius 1 is 1.14 bits per heavy atom. The van der Waals surface area contributed by atoms with Crippen LogP contribution in [0.25, 0.3) is 0 Å². The normalized spacial score (nSPS) is 47.1. The van der Waals surface area contributed by atoms with Crippen LogP contribution in [0.3, 0.4) is 0 Å². The lowest BCUT2D eigenvalue weighted by Crippen LogP contribution is -2.55. The Morgan fingerprint density at radius 2 is 1.96 bits per heavy atom. The van der Waals surface area contributed by atoms with Gasteiger partial charge in [0.05, 0.1) is 0 Å². The first kappa shape index (κ1) is 18.6. The number of nitrogens with one attached hydrogen (secondary N) is 1. The molecule has 152 valence electrons. The summed E-state index contributed by atoms with van der Waals surface area (Å²) in [5.41, 5.74) is 2.54. The zero-order valence-corrected chi connectivity index (χ0v) is 16.9. The lowest BCUT2D eigenvalue weighted by atomic mass is 9.49. The first-order chi connectivity index (χ1) is 13.0. The van der Waals surface area contributed by atoms with E-state index in [-0.39, 0.29) is 27.9 Å². The quantitative estimate of drug-likeness (QED) is 0.681. The molecule has 3 N–H and O–H groups in total. The maximum Gasteiger partial charge on any atom is 0.331 e. The highest BCUT2D eigenvalue weighted by molar-refractivity contribution is 5.93. The second kappa shape index (κ2) is 5.81. The third-order valence-corrected chi connectivity index (χ3v) is 9.88. The zero-order valence-electron chi connectivity index (χ0n) is 16.9. The summed E-state index contributed by atoms with van der Waals surface area (Å²) >= 11 is 0. The van der Waals surface area contributed by atoms with Crippen molar-refractivity contribution in [1.82, 2.24) is 0 Å². The van der Waals surface area contributed by atoms with E-state index in [1.165, 1.54) is 51.4 Å². The van der Waals surface area contributed by atoms with E-state index in [1.807, 2.05) is 0 Å². The predicted octanol–water partition coefficient (Wildman–Crippen LogP) is 4.39. The van der Waals surface area contributed by atoms with Crippen molar-refractivity contribution in [2.45, 2.75) is 76.7 Å². The van der Waals surface area contributed by atoms with Crippen molar-refractivity contribution in [3.8, 4) is 0 Å². The first-order valence-corrected chi connectivity index (χ1v) is 11.2. The van der Waals surface area contributed by atoms with Crippen LogP contribution >= 0.6 is 0 Å². The van der Waals surface area contributed by atoms with Crippen LogP contribution in [-0.4, -0.2) is 22.8 Å². The van der Waals surface area contributed by atoms with Crippen LogP contribution in [0, 0.1) is 39.9 Å². The minimum absolute atomic E-state index is 0. The van der Waals surface area contributed by atoms with Crippen LogP contribution in [0.5, 0.6) is 0 Å². The van der Waals surface area contributed by atoms with Crippen molar-refractivity contribution in [3.05, 3.63) is 23.8 Å². The fourth-order valence-corrected chi connectivity index (χ4v) is 8.73. The number of hydrogen-bond acceptors (Lipinski definition) is 3. The minimum atomic E-state index is -0.299. The van der Waals surface area contributed by atoms with Gasteiger partial charge in [-0.25, -0.2) is 4.79 Å². The SMILES string of the molecule is CC[C@]12CCC3C(CCC4=CC(=N)CC[C@@H]43)C1CC1(CC1)[C@@]21C=CC(=O)O1.O. The van der Waals surface area contributed by atoms with Crippen LogP contribution in [-0.2, 0) is 9.53 Å². The lowest BCUT2D eigenvalue weighted by molar-refractivity contribution is -0.172. The summed E-state index contributed by atoms with van der Waals surface area (Å²) in [6.07, 6.45) is 18.2. The smallest absolute Gasteiger partial charge is 0.331 e. The van der Waals surface area contributed by atoms with Crippen molar-refractivity contribution in [3.63, 3.8) is 0 Å². The molecular formula is C24H33NO3. The van der Waals surface area contributed by atoms with Gasteiger partial charge in [0.25, 0.3) is 0 Å². The lowest BCUT2D eigenvalue weighted by Gasteiger charge is -2.56. The Balaban J connectivity index is 0.00000171. The molecule has 0 amide bonds. The fourth-order valence-electron chi connectivity index (χ4n) is 8.73. The van der Waals surface area contributed by atoms with Crippen molar-refractivity contribution < 1.29 is 15.0 Å². The van der Waals surface area contributed by atoms with E-state index in [4.69, 9.17) is 10.1 Å². The molecule has 0 aromatic rings. The predicted molar refractivity (Wildman–Crippen MR) is 108 cm³/mol. The molecule has 4 heteroatoms. The molecule has 0 bridgehead atoms. The maximum atomic E-state index is 12.2. The number of esters is 1. The Morgan fingerprint density at radius 3 is 2.64 bits per heavy atom. The van der Waals surface area contributed by atoms with Gasteiger partial charge in [-0.2, -0.15) is 0 Å². The van der Waals surface area contributed by atoms with Crippen molar-refractivity contribution in [2.75, 3.05) is 0 Å². The molecular weight excluding hydrogens is 350 g/mol. The number of fused-ring (bicyclic) bond motifs is 7. The van der Waals surface area contributed by atoms with Gasteiger partial charge in [0.15, 0.2) is 0 Å². The number of ether oxygens (including phenoxy) is 1. The van der Waals surface area contributed by atoms with E-state index in [0.29, 0.717) is 5.92 Å². The van der Waals surface area contributed by atoms with Crippen LogP contribution < -0.4 is 0 Å². The highest BCUT2D eigenvalue weighted by Gasteiger charge is 2.78. The monoisotopic (exact) mass is 383 g/mol. The van der Waals surface area contributed by atoms with Gasteiger partial charge in [-0.15, -0.1) is 0 Å². The van der Waals surface area contributed by atoms with Gasteiger partial charge in [0.1, 0.15) is 5.60 Å². The molecule has 6 atom stereocenters. The van der Waals surface area contributed by atoms with Crippen molar-refractivity contribution >= 4 is 11.7 Å². The third kappa shape index (κ3) is 2.00. The Kier molecular flexibility index (Phi) is 3.86. The molecule has 3 unspecified atom stereocenters. The van der Waals surface area contributed by atoms with E-state index in [0.717, 1.165) is 36.3 Å². The van der Waals surface area contributed by atoms with Gasteiger partial charge < -0.3 is 15.6 Å². The Bertz CT molecular complexity index is 794. The topological polar surface area (TPSA) is 81.7 Å². The molecule has 0 saturated heterocycles. The van der Waals surface area contributed by atoms with Crippen molar-refractivity contribution in [2.24, 2.45) is 34.5 Å². The molecule has 6 aliphatic rings. The first-order valence-electron chi connectivity index (χ1n) is 11.2. The average Bonchev–Trinajstić information content (AvgIpc) is 3.28. The van der Waals surface area contributed by atoms with Gasteiger partial charge in [-0.3, -0.25) is 0 Å². The number of allylic oxidation sites excluding steroid dienone is 2. The standard InChI is InChI=1S/C24H31NO2.H2O/c1-2-23-9-7-18-17-6-4-16(25)13-15(17)3-5-19(18)20(23)14-22(11-12-22)24(23)10-8-21(26)27-24;/h8,10,13,17-20,25H,2-7,9,11-12,14H2,1H3;1H2/t17-,18?,19?,20?,23-,24-;/m0./s1. The fraction of sp³-hybridized carbons (Fsp3) is 0.750. The second-order valence-electron chi connectivity index (χ2n) is 10.4. The molecule has 1 aliphatic heterocycles. The van der Waals surface area contributed by atoms with E-state index >= 15 is 0 Å². The molecule has 2 spiro atoms. The highest BCUT2D eigenvalue weighted by Crippen LogP contribution is 2.79. The molecule has 4 saturated carbocycles. The van der Waals surface area contributed by atoms with Gasteiger partial charge in [-0.05, 0) is 100 Å². The number of carbonyl (C=O) groups is 1. The number of hydrogen-bond donors (Lipinski definition) is 1. The Hall–Kier alpha value is -1.42. The van der Waals surface area contributed by atoms with Gasteiger partial charge >= 0.3 is 5.97 Å². The molecule has 4 nitrogen and oxygen atoms in total. The highest BCUT2D eigenvalue weighted by atomic mass is 16.6. The number of rotatable bonds is 1. The van der Waals surface area contributed by atoms with Crippen molar-refractivity contribution in [1.29, 1.82) is 5.41 Å². The molecule has 0 radical (unpaired) electrons. The van der Waals surface area contributed by atoms with Gasteiger partial charge in [0.2, 0.25) is 0 Å². The summed E-state index contributed by atoms with van der Waals surface area (Å²) in [5.74, 6) is 2.92. The van der Waals surface area contributed by atoms with Crippen LogP contribution in [0.1, 0.15) is 71.1 Å². The molecule has 0 aromatic carbocycles. The van der Waals surface area contributed by atoms with Crippen LogP contribution in [0.2, 0.25) is 0 Å².